The lowest BCUT2D eigenvalue weighted by Gasteiger charge is -2.24. The lowest BCUT2D eigenvalue weighted by molar-refractivity contribution is 0.325. The van der Waals surface area contributed by atoms with Crippen LogP contribution in [0.2, 0.25) is 0 Å². The van der Waals surface area contributed by atoms with Crippen LogP contribution in [0.15, 0.2) is 0 Å². The molecule has 1 saturated heterocycles. The fourth-order valence-corrected chi connectivity index (χ4v) is 3.31. The minimum Gasteiger partial charge on any atom is -0.315 e. The van der Waals surface area contributed by atoms with Gasteiger partial charge in [-0.05, 0) is 43.6 Å². The molecule has 2 rings (SSSR count). The van der Waals surface area contributed by atoms with E-state index >= 15 is 0 Å². The average Bonchev–Trinajstić information content (AvgIpc) is 2.71. The van der Waals surface area contributed by atoms with E-state index in [1.807, 2.05) is 0 Å². The van der Waals surface area contributed by atoms with Gasteiger partial charge in [0.2, 0.25) is 0 Å². The van der Waals surface area contributed by atoms with Gasteiger partial charge >= 0.3 is 0 Å². The molecule has 0 amide bonds. The number of hydrogen-bond donors (Lipinski definition) is 2. The highest BCUT2D eigenvalue weighted by molar-refractivity contribution is 4.93. The van der Waals surface area contributed by atoms with Crippen LogP contribution in [0.1, 0.15) is 52.9 Å². The summed E-state index contributed by atoms with van der Waals surface area (Å²) >= 11 is 0. The Morgan fingerprint density at radius 3 is 2.65 bits per heavy atom. The molecule has 1 aliphatic carbocycles. The van der Waals surface area contributed by atoms with Gasteiger partial charge in [0.05, 0.1) is 0 Å². The van der Waals surface area contributed by atoms with Crippen molar-refractivity contribution in [1.29, 1.82) is 0 Å². The van der Waals surface area contributed by atoms with Gasteiger partial charge in [-0.15, -0.1) is 0 Å². The van der Waals surface area contributed by atoms with Gasteiger partial charge in [0, 0.05) is 18.6 Å². The Hall–Kier alpha value is -0.0800. The van der Waals surface area contributed by atoms with Crippen LogP contribution in [-0.2, 0) is 0 Å². The molecular weight excluding hydrogens is 208 g/mol. The van der Waals surface area contributed by atoms with Crippen molar-refractivity contribution in [3.05, 3.63) is 0 Å². The predicted molar refractivity (Wildman–Crippen MR) is 74.2 cm³/mol. The van der Waals surface area contributed by atoms with Gasteiger partial charge in [-0.25, -0.2) is 0 Å². The fourth-order valence-electron chi connectivity index (χ4n) is 3.31. The van der Waals surface area contributed by atoms with E-state index < -0.39 is 0 Å². The van der Waals surface area contributed by atoms with Crippen LogP contribution in [0.5, 0.6) is 0 Å². The highest BCUT2D eigenvalue weighted by Gasteiger charge is 2.34. The highest BCUT2D eigenvalue weighted by Crippen LogP contribution is 2.32. The summed E-state index contributed by atoms with van der Waals surface area (Å²) in [5.41, 5.74) is 0. The van der Waals surface area contributed by atoms with Crippen LogP contribution < -0.4 is 10.6 Å². The van der Waals surface area contributed by atoms with Crippen LogP contribution in [-0.4, -0.2) is 25.2 Å². The number of nitrogens with one attached hydrogen (secondary N) is 2. The molecule has 0 radical (unpaired) electrons. The van der Waals surface area contributed by atoms with E-state index in [-0.39, 0.29) is 0 Å². The van der Waals surface area contributed by atoms with E-state index in [1.54, 1.807) is 0 Å². The molecule has 17 heavy (non-hydrogen) atoms. The van der Waals surface area contributed by atoms with Crippen LogP contribution in [0, 0.1) is 17.8 Å². The molecule has 100 valence electrons. The molecule has 0 spiro atoms. The molecule has 2 fully saturated rings. The molecule has 0 aromatic rings. The maximum absolute atomic E-state index is 3.83. The second kappa shape index (κ2) is 6.19. The highest BCUT2D eigenvalue weighted by atomic mass is 15.0. The SMILES string of the molecule is CC(C)C(C)CNCC1CC2CCCCC2N1. The number of fused-ring (bicyclic) bond motifs is 1. The molecule has 1 saturated carbocycles. The van der Waals surface area contributed by atoms with Crippen LogP contribution >= 0.6 is 0 Å². The number of hydrogen-bond acceptors (Lipinski definition) is 2. The minimum absolute atomic E-state index is 0.738. The van der Waals surface area contributed by atoms with Gasteiger partial charge in [0.15, 0.2) is 0 Å². The summed E-state index contributed by atoms with van der Waals surface area (Å²) in [5.74, 6) is 2.57. The van der Waals surface area contributed by atoms with Crippen molar-refractivity contribution in [3.8, 4) is 0 Å². The number of rotatable bonds is 5. The first-order valence-corrected chi connectivity index (χ1v) is 7.63. The second-order valence-corrected chi connectivity index (χ2v) is 6.63. The Kier molecular flexibility index (Phi) is 4.87. The molecule has 2 N–H and O–H groups in total. The first kappa shape index (κ1) is 13.4. The predicted octanol–water partition coefficient (Wildman–Crippen LogP) is 2.79. The van der Waals surface area contributed by atoms with Crippen molar-refractivity contribution in [2.24, 2.45) is 17.8 Å². The second-order valence-electron chi connectivity index (χ2n) is 6.63. The summed E-state index contributed by atoms with van der Waals surface area (Å²) in [4.78, 5) is 0. The molecule has 2 nitrogen and oxygen atoms in total. The van der Waals surface area contributed by atoms with Crippen molar-refractivity contribution in [2.75, 3.05) is 13.1 Å². The molecule has 1 aliphatic heterocycles. The van der Waals surface area contributed by atoms with Crippen molar-refractivity contribution in [3.63, 3.8) is 0 Å². The Bertz CT molecular complexity index is 213. The summed E-state index contributed by atoms with van der Waals surface area (Å²) in [6, 6.07) is 1.58. The van der Waals surface area contributed by atoms with Crippen molar-refractivity contribution in [2.45, 2.75) is 65.0 Å². The summed E-state index contributed by atoms with van der Waals surface area (Å²) < 4.78 is 0. The largest absolute Gasteiger partial charge is 0.315 e. The van der Waals surface area contributed by atoms with Gasteiger partial charge in [-0.2, -0.15) is 0 Å². The summed E-state index contributed by atoms with van der Waals surface area (Å²) in [6.07, 6.45) is 7.21. The minimum atomic E-state index is 0.738. The van der Waals surface area contributed by atoms with Crippen molar-refractivity contribution < 1.29 is 0 Å². The lowest BCUT2D eigenvalue weighted by Crippen LogP contribution is -2.39. The van der Waals surface area contributed by atoms with E-state index in [4.69, 9.17) is 0 Å². The zero-order valence-corrected chi connectivity index (χ0v) is 11.8. The smallest absolute Gasteiger partial charge is 0.0198 e. The Morgan fingerprint density at radius 2 is 1.94 bits per heavy atom. The molecule has 4 unspecified atom stereocenters. The summed E-state index contributed by atoms with van der Waals surface area (Å²) in [7, 11) is 0. The van der Waals surface area contributed by atoms with E-state index in [0.29, 0.717) is 0 Å². The van der Waals surface area contributed by atoms with Crippen LogP contribution in [0.3, 0.4) is 0 Å². The fraction of sp³-hybridized carbons (Fsp3) is 1.00. The average molecular weight is 238 g/mol. The monoisotopic (exact) mass is 238 g/mol. The standard InChI is InChI=1S/C15H30N2/c1-11(2)12(3)9-16-10-14-8-13-6-4-5-7-15(13)17-14/h11-17H,4-10H2,1-3H3. The van der Waals surface area contributed by atoms with Gasteiger partial charge in [-0.1, -0.05) is 33.6 Å². The van der Waals surface area contributed by atoms with Crippen molar-refractivity contribution >= 4 is 0 Å². The van der Waals surface area contributed by atoms with Crippen molar-refractivity contribution in [1.82, 2.24) is 10.6 Å². The normalized spacial score (nSPS) is 34.9. The molecule has 1 heterocycles. The van der Waals surface area contributed by atoms with Crippen LogP contribution in [0.25, 0.3) is 0 Å². The van der Waals surface area contributed by atoms with E-state index in [0.717, 1.165) is 29.8 Å². The molecule has 0 aromatic carbocycles. The first-order chi connectivity index (χ1) is 8.16. The Labute approximate surface area is 107 Å². The maximum Gasteiger partial charge on any atom is 0.0198 e. The summed E-state index contributed by atoms with van der Waals surface area (Å²) in [5, 5.41) is 7.49. The molecule has 0 bridgehead atoms. The maximum atomic E-state index is 3.83. The third-order valence-corrected chi connectivity index (χ3v) is 4.94. The van der Waals surface area contributed by atoms with Gasteiger partial charge in [-0.3, -0.25) is 0 Å². The topological polar surface area (TPSA) is 24.1 Å². The lowest BCUT2D eigenvalue weighted by atomic mass is 9.85. The molecule has 2 heteroatoms. The van der Waals surface area contributed by atoms with E-state index in [2.05, 4.69) is 31.4 Å². The van der Waals surface area contributed by atoms with Crippen LogP contribution in [0.4, 0.5) is 0 Å². The third-order valence-electron chi connectivity index (χ3n) is 4.94. The third kappa shape index (κ3) is 3.69. The quantitative estimate of drug-likeness (QED) is 0.769. The molecular formula is C15H30N2. The van der Waals surface area contributed by atoms with Gasteiger partial charge in [0.25, 0.3) is 0 Å². The Balaban J connectivity index is 1.64. The van der Waals surface area contributed by atoms with E-state index in [1.165, 1.54) is 45.2 Å². The van der Waals surface area contributed by atoms with E-state index in [9.17, 15) is 0 Å². The molecule has 2 aliphatic rings. The zero-order valence-electron chi connectivity index (χ0n) is 11.8. The molecule has 0 aromatic heterocycles. The van der Waals surface area contributed by atoms with Gasteiger partial charge in [0.1, 0.15) is 0 Å². The summed E-state index contributed by atoms with van der Waals surface area (Å²) in [6.45, 7) is 9.32. The Morgan fingerprint density at radius 1 is 1.18 bits per heavy atom. The first-order valence-electron chi connectivity index (χ1n) is 7.63. The zero-order chi connectivity index (χ0) is 12.3. The van der Waals surface area contributed by atoms with Gasteiger partial charge < -0.3 is 10.6 Å². The molecule has 4 atom stereocenters.